The zero-order valence-electron chi connectivity index (χ0n) is 8.70. The van der Waals surface area contributed by atoms with E-state index in [1.165, 1.54) is 7.40 Å². The first kappa shape index (κ1) is 16.9. The summed E-state index contributed by atoms with van der Waals surface area (Å²) < 4.78 is 33.2. The summed E-state index contributed by atoms with van der Waals surface area (Å²) in [6, 6.07) is 0. The van der Waals surface area contributed by atoms with Gasteiger partial charge in [0, 0.05) is 2.74 Å². The van der Waals surface area contributed by atoms with Crippen LogP contribution in [0.25, 0.3) is 0 Å². The van der Waals surface area contributed by atoms with Crippen LogP contribution in [0.1, 0.15) is 23.5 Å². The summed E-state index contributed by atoms with van der Waals surface area (Å²) in [5.41, 5.74) is 0. The number of hydrogen-bond acceptors (Lipinski definition) is 0. The number of halogens is 2. The summed E-state index contributed by atoms with van der Waals surface area (Å²) in [5, 5.41) is 0. The topological polar surface area (TPSA) is 0 Å². The van der Waals surface area contributed by atoms with Crippen molar-refractivity contribution >= 4 is 0 Å². The van der Waals surface area contributed by atoms with Crippen LogP contribution in [-0.4, -0.2) is 13.3 Å². The fourth-order valence-electron chi connectivity index (χ4n) is 0. The van der Waals surface area contributed by atoms with Crippen molar-refractivity contribution in [3.8, 4) is 0 Å². The second-order valence-electron chi connectivity index (χ2n) is 0.732. The molecule has 0 radical (unpaired) electrons. The van der Waals surface area contributed by atoms with E-state index in [4.69, 9.17) is 2.74 Å². The van der Waals surface area contributed by atoms with Crippen LogP contribution in [0.5, 0.6) is 0 Å². The maximum atomic E-state index is 10.9. The molecular weight excluding hydrogens is 306 g/mol. The predicted octanol–water partition coefficient (Wildman–Crippen LogP) is 3.24. The van der Waals surface area contributed by atoms with Crippen LogP contribution in [0.2, 0.25) is 0 Å². The smallest absolute Gasteiger partial charge is 0.358 e. The van der Waals surface area contributed by atoms with E-state index in [0.717, 1.165) is 0 Å². The molecule has 0 aliphatic rings. The summed E-state index contributed by atoms with van der Waals surface area (Å²) in [6.45, 7) is 2.19. The average molecular weight is 328 g/mol. The van der Waals surface area contributed by atoms with E-state index >= 15 is 0 Å². The molecule has 0 saturated carbocycles. The number of hydrogen-bond donors (Lipinski definition) is 0. The molecule has 0 rings (SSSR count). The van der Waals surface area contributed by atoms with Crippen molar-refractivity contribution < 1.29 is 32.6 Å². The first-order chi connectivity index (χ1) is 4.83. The minimum absolute atomic E-state index is 0. The molecule has 3 heteroatoms. The molecular formula is C7H18F2W. The van der Waals surface area contributed by atoms with Crippen LogP contribution in [0.15, 0.2) is 0 Å². The number of alkyl halides is 2. The van der Waals surface area contributed by atoms with Gasteiger partial charge in [-0.05, 0) is 13.1 Å². The minimum Gasteiger partial charge on any atom is -0.358 e. The maximum absolute atomic E-state index is 10.9. The molecule has 0 aromatic heterocycles. The zero-order valence-corrected chi connectivity index (χ0v) is 9.63. The third kappa shape index (κ3) is 203. The molecule has 66 valence electrons. The van der Waals surface area contributed by atoms with Gasteiger partial charge in [0.05, 0.1) is 6.67 Å². The van der Waals surface area contributed by atoms with Crippen molar-refractivity contribution in [2.75, 3.05) is 13.3 Å². The normalized spacial score (nSPS) is 6.80. The second-order valence-corrected chi connectivity index (χ2v) is 0.732. The molecule has 10 heavy (non-hydrogen) atoms. The van der Waals surface area contributed by atoms with E-state index in [1.54, 1.807) is 0 Å². The van der Waals surface area contributed by atoms with Crippen LogP contribution in [-0.2, 0) is 21.1 Å². The molecule has 0 aromatic rings. The summed E-state index contributed by atoms with van der Waals surface area (Å²) >= 11 is 0. The maximum Gasteiger partial charge on any atom is 2.00 e. The van der Waals surface area contributed by atoms with Gasteiger partial charge >= 0.3 is 21.1 Å². The van der Waals surface area contributed by atoms with Gasteiger partial charge in [-0.3, -0.25) is 8.78 Å². The van der Waals surface area contributed by atoms with Crippen molar-refractivity contribution in [3.05, 3.63) is 14.4 Å². The van der Waals surface area contributed by atoms with Crippen LogP contribution < -0.4 is 0 Å². The molecule has 0 N–H and O–H groups in total. The van der Waals surface area contributed by atoms with Crippen molar-refractivity contribution in [2.24, 2.45) is 0 Å². The first-order valence-corrected chi connectivity index (χ1v) is 2.03. The minimum atomic E-state index is -0.500. The van der Waals surface area contributed by atoms with E-state index in [-0.39, 0.29) is 42.1 Å². The van der Waals surface area contributed by atoms with Crippen LogP contribution in [0, 0.1) is 14.4 Å². The molecule has 0 fully saturated rings. The molecule has 0 aromatic carbocycles. The molecule has 0 aliphatic carbocycles. The van der Waals surface area contributed by atoms with Crippen LogP contribution in [0.3, 0.4) is 0 Å². The van der Waals surface area contributed by atoms with Gasteiger partial charge in [-0.1, -0.05) is 14.3 Å². The Labute approximate surface area is 81.5 Å². The van der Waals surface area contributed by atoms with Gasteiger partial charge in [0.1, 0.15) is 0 Å². The SMILES string of the molecule is [3H]C.[3H]CCCF.[CH2-]CF.[CH3-].[W+2]. The van der Waals surface area contributed by atoms with E-state index in [9.17, 15) is 8.78 Å². The molecule has 0 spiro atoms. The van der Waals surface area contributed by atoms with Gasteiger partial charge in [-0.25, -0.2) is 0 Å². The fraction of sp³-hybridized carbons (Fsp3) is 0.714. The quantitative estimate of drug-likeness (QED) is 0.649. The van der Waals surface area contributed by atoms with Gasteiger partial charge < -0.3 is 14.4 Å². The van der Waals surface area contributed by atoms with Gasteiger partial charge in [0.2, 0.25) is 0 Å². The molecule has 0 unspecified atom stereocenters. The van der Waals surface area contributed by atoms with E-state index in [0.29, 0.717) is 6.42 Å². The average Bonchev–Trinajstić information content (AvgIpc) is 1.96. The fourth-order valence-corrected chi connectivity index (χ4v) is 0. The van der Waals surface area contributed by atoms with Gasteiger partial charge in [0.15, 0.2) is 0 Å². The zero-order chi connectivity index (χ0) is 8.83. The Balaban J connectivity index is -0.0000000209. The Hall–Kier alpha value is 0.548. The van der Waals surface area contributed by atoms with E-state index in [2.05, 4.69) is 6.92 Å². The Kier molecular flexibility index (Phi) is 93.5. The van der Waals surface area contributed by atoms with Gasteiger partial charge in [0.25, 0.3) is 0 Å². The third-order valence-corrected chi connectivity index (χ3v) is 0.134. The predicted molar refractivity (Wildman–Crippen MR) is 40.7 cm³/mol. The summed E-state index contributed by atoms with van der Waals surface area (Å²) in [4.78, 5) is 0. The molecule has 0 saturated heterocycles. The summed E-state index contributed by atoms with van der Waals surface area (Å²) in [6.07, 6.45) is 0.389. The molecule has 0 aliphatic heterocycles. The van der Waals surface area contributed by atoms with Gasteiger partial charge in [-0.15, -0.1) is 0 Å². The first-order valence-electron chi connectivity index (χ1n) is 3.74. The largest absolute Gasteiger partial charge is 2.00 e. The second kappa shape index (κ2) is 55.4. The summed E-state index contributed by atoms with van der Waals surface area (Å²) in [5.74, 6) is 0. The standard InChI is InChI=1S/C3H7F.C2H4F.CH4.CH3.W/c1-2-3-4;1-2-3;;;/h2-3H2,1H3;1-2H2;1H4;1H3;/q;-1;;-1;+2/i1T;;1T;;. The Morgan fingerprint density at radius 3 is 1.90 bits per heavy atom. The number of rotatable bonds is 1. The summed E-state index contributed by atoms with van der Waals surface area (Å²) in [7, 11) is 1.25. The van der Waals surface area contributed by atoms with E-state index < -0.39 is 6.67 Å². The van der Waals surface area contributed by atoms with Gasteiger partial charge in [-0.2, -0.15) is 0 Å². The molecule has 0 amide bonds. The van der Waals surface area contributed by atoms with Crippen LogP contribution >= 0.6 is 0 Å². The van der Waals surface area contributed by atoms with E-state index in [1.807, 2.05) is 0 Å². The third-order valence-electron chi connectivity index (χ3n) is 0.134. The van der Waals surface area contributed by atoms with Crippen molar-refractivity contribution in [3.63, 3.8) is 0 Å². The monoisotopic (exact) mass is 328 g/mol. The van der Waals surface area contributed by atoms with Crippen molar-refractivity contribution in [2.45, 2.75) is 20.7 Å². The molecule has 0 bridgehead atoms. The molecule has 0 heterocycles. The van der Waals surface area contributed by atoms with Crippen LogP contribution in [0.4, 0.5) is 8.78 Å². The molecule has 0 nitrogen and oxygen atoms in total. The Bertz CT molecular complexity index is 33.4. The van der Waals surface area contributed by atoms with Crippen molar-refractivity contribution in [1.29, 1.82) is 0 Å². The molecule has 0 atom stereocenters. The van der Waals surface area contributed by atoms with Crippen molar-refractivity contribution in [1.82, 2.24) is 0 Å². The Morgan fingerprint density at radius 1 is 1.60 bits per heavy atom. The Morgan fingerprint density at radius 2 is 1.90 bits per heavy atom.